The number of aromatic carboxylic acids is 1. The van der Waals surface area contributed by atoms with Crippen molar-refractivity contribution in [3.05, 3.63) is 65.2 Å². The first-order valence-electron chi connectivity index (χ1n) is 8.40. The molecule has 2 aromatic rings. The molecular weight excluding hydrogens is 332 g/mol. The molecule has 1 fully saturated rings. The van der Waals surface area contributed by atoms with Crippen LogP contribution in [0.4, 0.5) is 5.69 Å². The summed E-state index contributed by atoms with van der Waals surface area (Å²) in [6.45, 7) is 2.85. The summed E-state index contributed by atoms with van der Waals surface area (Å²) in [6, 6.07) is 14.0. The molecule has 0 aromatic heterocycles. The van der Waals surface area contributed by atoms with Gasteiger partial charge in [-0.15, -0.1) is 0 Å². The molecule has 1 heterocycles. The number of nitrogens with one attached hydrogen (secondary N) is 1. The van der Waals surface area contributed by atoms with Gasteiger partial charge in [0, 0.05) is 25.2 Å². The quantitative estimate of drug-likeness (QED) is 0.866. The molecule has 0 unspecified atom stereocenters. The minimum absolute atomic E-state index is 0.0509. The standard InChI is InChI=1S/C20H20N2O4/c1-13-5-7-14(8-6-13)11-22-12-16(10-18(22)23)19(24)21-17-4-2-3-15(9-17)20(25)26/h2-9,16H,10-12H2,1H3,(H,21,24)(H,25,26)/t16-/m0/s1. The van der Waals surface area contributed by atoms with E-state index in [9.17, 15) is 14.4 Å². The Balaban J connectivity index is 1.62. The van der Waals surface area contributed by atoms with E-state index in [4.69, 9.17) is 5.11 Å². The number of carbonyl (C=O) groups excluding carboxylic acids is 2. The molecule has 2 aromatic carbocycles. The average molecular weight is 352 g/mol. The van der Waals surface area contributed by atoms with Gasteiger partial charge < -0.3 is 15.3 Å². The van der Waals surface area contributed by atoms with Crippen LogP contribution in [0, 0.1) is 12.8 Å². The van der Waals surface area contributed by atoms with Crippen LogP contribution in [0.25, 0.3) is 0 Å². The van der Waals surface area contributed by atoms with Crippen molar-refractivity contribution in [3.63, 3.8) is 0 Å². The van der Waals surface area contributed by atoms with Gasteiger partial charge in [0.2, 0.25) is 11.8 Å². The third kappa shape index (κ3) is 4.08. The molecular formula is C20H20N2O4. The summed E-state index contributed by atoms with van der Waals surface area (Å²) < 4.78 is 0. The van der Waals surface area contributed by atoms with Crippen molar-refractivity contribution in [1.82, 2.24) is 4.90 Å². The lowest BCUT2D eigenvalue weighted by molar-refractivity contribution is -0.128. The number of hydrogen-bond acceptors (Lipinski definition) is 3. The number of carboxylic acids is 1. The van der Waals surface area contributed by atoms with Crippen molar-refractivity contribution in [2.75, 3.05) is 11.9 Å². The number of hydrogen-bond donors (Lipinski definition) is 2. The highest BCUT2D eigenvalue weighted by Crippen LogP contribution is 2.22. The second-order valence-corrected chi connectivity index (χ2v) is 6.54. The van der Waals surface area contributed by atoms with Crippen molar-refractivity contribution in [1.29, 1.82) is 0 Å². The molecule has 6 heteroatoms. The van der Waals surface area contributed by atoms with Crippen LogP contribution in [0.15, 0.2) is 48.5 Å². The van der Waals surface area contributed by atoms with E-state index < -0.39 is 11.9 Å². The van der Waals surface area contributed by atoms with Crippen molar-refractivity contribution < 1.29 is 19.5 Å². The number of nitrogens with zero attached hydrogens (tertiary/aromatic N) is 1. The normalized spacial score (nSPS) is 16.6. The molecule has 0 saturated carbocycles. The van der Waals surface area contributed by atoms with E-state index in [1.54, 1.807) is 17.0 Å². The maximum atomic E-state index is 12.4. The minimum atomic E-state index is -1.05. The molecule has 1 saturated heterocycles. The van der Waals surface area contributed by atoms with Gasteiger partial charge in [-0.2, -0.15) is 0 Å². The topological polar surface area (TPSA) is 86.7 Å². The van der Waals surface area contributed by atoms with E-state index in [1.807, 2.05) is 31.2 Å². The number of likely N-dealkylation sites (tertiary alicyclic amines) is 1. The third-order valence-electron chi connectivity index (χ3n) is 4.46. The number of aryl methyl sites for hydroxylation is 1. The Hall–Kier alpha value is -3.15. The van der Waals surface area contributed by atoms with Gasteiger partial charge >= 0.3 is 5.97 Å². The summed E-state index contributed by atoms with van der Waals surface area (Å²) in [5.41, 5.74) is 2.70. The highest BCUT2D eigenvalue weighted by atomic mass is 16.4. The second kappa shape index (κ2) is 7.39. The monoisotopic (exact) mass is 352 g/mol. The lowest BCUT2D eigenvalue weighted by Gasteiger charge is -2.17. The minimum Gasteiger partial charge on any atom is -0.478 e. The molecule has 0 radical (unpaired) electrons. The molecule has 0 spiro atoms. The lowest BCUT2D eigenvalue weighted by atomic mass is 10.1. The zero-order chi connectivity index (χ0) is 18.7. The van der Waals surface area contributed by atoms with Crippen LogP contribution in [-0.4, -0.2) is 34.3 Å². The van der Waals surface area contributed by atoms with Crippen LogP contribution in [0.2, 0.25) is 0 Å². The fourth-order valence-corrected chi connectivity index (χ4v) is 2.99. The average Bonchev–Trinajstić information content (AvgIpc) is 2.98. The predicted molar refractivity (Wildman–Crippen MR) is 96.7 cm³/mol. The fraction of sp³-hybridized carbons (Fsp3) is 0.250. The molecule has 26 heavy (non-hydrogen) atoms. The maximum absolute atomic E-state index is 12.4. The summed E-state index contributed by atoms with van der Waals surface area (Å²) in [7, 11) is 0. The van der Waals surface area contributed by atoms with E-state index in [0.717, 1.165) is 11.1 Å². The highest BCUT2D eigenvalue weighted by molar-refractivity contribution is 5.98. The van der Waals surface area contributed by atoms with Gasteiger partial charge in [0.1, 0.15) is 0 Å². The molecule has 1 atom stereocenters. The van der Waals surface area contributed by atoms with Gasteiger partial charge in [0.25, 0.3) is 0 Å². The summed E-state index contributed by atoms with van der Waals surface area (Å²) >= 11 is 0. The number of rotatable bonds is 5. The molecule has 3 rings (SSSR count). The van der Waals surface area contributed by atoms with Crippen LogP contribution < -0.4 is 5.32 Å². The molecule has 0 bridgehead atoms. The fourth-order valence-electron chi connectivity index (χ4n) is 2.99. The predicted octanol–water partition coefficient (Wildman–Crippen LogP) is 2.68. The van der Waals surface area contributed by atoms with Gasteiger partial charge in [-0.05, 0) is 30.7 Å². The van der Waals surface area contributed by atoms with Crippen LogP contribution in [0.5, 0.6) is 0 Å². The molecule has 2 N–H and O–H groups in total. The second-order valence-electron chi connectivity index (χ2n) is 6.54. The van der Waals surface area contributed by atoms with Gasteiger partial charge in [-0.25, -0.2) is 4.79 Å². The van der Waals surface area contributed by atoms with E-state index in [0.29, 0.717) is 18.8 Å². The van der Waals surface area contributed by atoms with Crippen LogP contribution in [0.1, 0.15) is 27.9 Å². The SMILES string of the molecule is Cc1ccc(CN2C[C@@H](C(=O)Nc3cccc(C(=O)O)c3)CC2=O)cc1. The zero-order valence-corrected chi connectivity index (χ0v) is 14.4. The smallest absolute Gasteiger partial charge is 0.335 e. The Morgan fingerprint density at radius 2 is 1.92 bits per heavy atom. The van der Waals surface area contributed by atoms with E-state index in [2.05, 4.69) is 5.32 Å². The third-order valence-corrected chi connectivity index (χ3v) is 4.46. The maximum Gasteiger partial charge on any atom is 0.335 e. The van der Waals surface area contributed by atoms with Crippen molar-refractivity contribution in [2.24, 2.45) is 5.92 Å². The number of carbonyl (C=O) groups is 3. The molecule has 134 valence electrons. The first-order valence-corrected chi connectivity index (χ1v) is 8.40. The zero-order valence-electron chi connectivity index (χ0n) is 14.4. The Morgan fingerprint density at radius 3 is 2.62 bits per heavy atom. The summed E-state index contributed by atoms with van der Waals surface area (Å²) in [4.78, 5) is 37.4. The number of benzene rings is 2. The summed E-state index contributed by atoms with van der Waals surface area (Å²) in [5, 5.41) is 11.7. The largest absolute Gasteiger partial charge is 0.478 e. The number of amides is 2. The molecule has 6 nitrogen and oxygen atoms in total. The van der Waals surface area contributed by atoms with E-state index in [-0.39, 0.29) is 23.8 Å². The Labute approximate surface area is 151 Å². The van der Waals surface area contributed by atoms with Gasteiger partial charge in [0.15, 0.2) is 0 Å². The van der Waals surface area contributed by atoms with E-state index >= 15 is 0 Å². The summed E-state index contributed by atoms with van der Waals surface area (Å²) in [6.07, 6.45) is 0.163. The van der Waals surface area contributed by atoms with Gasteiger partial charge in [-0.1, -0.05) is 35.9 Å². The highest BCUT2D eigenvalue weighted by Gasteiger charge is 2.34. The first-order chi connectivity index (χ1) is 12.4. The number of carboxylic acid groups (broad SMARTS) is 1. The van der Waals surface area contributed by atoms with E-state index in [1.165, 1.54) is 12.1 Å². The Morgan fingerprint density at radius 1 is 1.19 bits per heavy atom. The van der Waals surface area contributed by atoms with Crippen molar-refractivity contribution in [3.8, 4) is 0 Å². The Bertz CT molecular complexity index is 845. The van der Waals surface area contributed by atoms with Crippen molar-refractivity contribution in [2.45, 2.75) is 19.9 Å². The first kappa shape index (κ1) is 17.7. The molecule has 1 aliphatic heterocycles. The van der Waals surface area contributed by atoms with Gasteiger partial charge in [-0.3, -0.25) is 9.59 Å². The van der Waals surface area contributed by atoms with Crippen molar-refractivity contribution >= 4 is 23.5 Å². The van der Waals surface area contributed by atoms with Crippen LogP contribution >= 0.6 is 0 Å². The van der Waals surface area contributed by atoms with Crippen LogP contribution in [-0.2, 0) is 16.1 Å². The molecule has 1 aliphatic rings. The molecule has 2 amide bonds. The van der Waals surface area contributed by atoms with Gasteiger partial charge in [0.05, 0.1) is 11.5 Å². The van der Waals surface area contributed by atoms with Crippen LogP contribution in [0.3, 0.4) is 0 Å². The number of anilines is 1. The summed E-state index contributed by atoms with van der Waals surface area (Å²) in [5.74, 6) is -1.82. The lowest BCUT2D eigenvalue weighted by Crippen LogP contribution is -2.28. The molecule has 0 aliphatic carbocycles. The Kier molecular flexibility index (Phi) is 5.02.